The van der Waals surface area contributed by atoms with Gasteiger partial charge in [-0.15, -0.1) is 0 Å². The number of rotatable bonds is 3. The van der Waals surface area contributed by atoms with Crippen LogP contribution in [0.15, 0.2) is 42.5 Å². The Bertz CT molecular complexity index is 603. The third-order valence-electron chi connectivity index (χ3n) is 2.51. The number of nitrogens with one attached hydrogen (secondary N) is 1. The van der Waals surface area contributed by atoms with Crippen LogP contribution in [0, 0.1) is 23.0 Å². The molecule has 0 saturated carbocycles. The summed E-state index contributed by atoms with van der Waals surface area (Å²) in [4.78, 5) is 0. The summed E-state index contributed by atoms with van der Waals surface area (Å²) in [6.07, 6.45) is 0. The van der Waals surface area contributed by atoms with Crippen LogP contribution in [-0.4, -0.2) is 0 Å². The van der Waals surface area contributed by atoms with Crippen LogP contribution in [0.3, 0.4) is 0 Å². The van der Waals surface area contributed by atoms with E-state index >= 15 is 0 Å². The molecule has 2 aromatic carbocycles. The standard InChI is InChI=1S/C14H10F2N2/c15-13-6-2-4-11(14(13)16)9-18-12-5-1-3-10(7-12)8-17/h1-7,18H,9H2. The van der Waals surface area contributed by atoms with E-state index in [-0.39, 0.29) is 12.1 Å². The second kappa shape index (κ2) is 5.28. The highest BCUT2D eigenvalue weighted by Gasteiger charge is 2.06. The van der Waals surface area contributed by atoms with Gasteiger partial charge < -0.3 is 5.32 Å². The minimum absolute atomic E-state index is 0.165. The second-order valence-electron chi connectivity index (χ2n) is 3.76. The number of nitrogens with zero attached hydrogens (tertiary/aromatic N) is 1. The molecule has 0 bridgehead atoms. The van der Waals surface area contributed by atoms with E-state index in [0.717, 1.165) is 6.07 Å². The molecule has 0 spiro atoms. The fourth-order valence-electron chi connectivity index (χ4n) is 1.58. The van der Waals surface area contributed by atoms with Crippen molar-refractivity contribution in [2.75, 3.05) is 5.32 Å². The quantitative estimate of drug-likeness (QED) is 0.897. The van der Waals surface area contributed by atoms with E-state index in [1.807, 2.05) is 6.07 Å². The lowest BCUT2D eigenvalue weighted by atomic mass is 10.2. The van der Waals surface area contributed by atoms with E-state index in [2.05, 4.69) is 5.32 Å². The Morgan fingerprint density at radius 2 is 1.89 bits per heavy atom. The molecule has 2 aromatic rings. The van der Waals surface area contributed by atoms with E-state index < -0.39 is 11.6 Å². The van der Waals surface area contributed by atoms with Crippen LogP contribution in [0.1, 0.15) is 11.1 Å². The predicted octanol–water partition coefficient (Wildman–Crippen LogP) is 3.45. The van der Waals surface area contributed by atoms with Gasteiger partial charge in [-0.05, 0) is 24.3 Å². The lowest BCUT2D eigenvalue weighted by Gasteiger charge is -2.07. The Hall–Kier alpha value is -2.41. The lowest BCUT2D eigenvalue weighted by Crippen LogP contribution is -2.03. The highest BCUT2D eigenvalue weighted by atomic mass is 19.2. The number of anilines is 1. The van der Waals surface area contributed by atoms with Gasteiger partial charge in [-0.3, -0.25) is 0 Å². The summed E-state index contributed by atoms with van der Waals surface area (Å²) in [5.41, 5.74) is 1.45. The molecule has 0 amide bonds. The van der Waals surface area contributed by atoms with Gasteiger partial charge >= 0.3 is 0 Å². The minimum Gasteiger partial charge on any atom is -0.381 e. The first-order chi connectivity index (χ1) is 8.70. The van der Waals surface area contributed by atoms with E-state index in [1.54, 1.807) is 24.3 Å². The Morgan fingerprint density at radius 3 is 2.67 bits per heavy atom. The Labute approximate surface area is 103 Å². The molecule has 0 aromatic heterocycles. The van der Waals surface area contributed by atoms with E-state index in [9.17, 15) is 8.78 Å². The first kappa shape index (κ1) is 12.1. The van der Waals surface area contributed by atoms with Gasteiger partial charge in [0.25, 0.3) is 0 Å². The smallest absolute Gasteiger partial charge is 0.163 e. The number of nitriles is 1. The fraction of sp³-hybridized carbons (Fsp3) is 0.0714. The molecular weight excluding hydrogens is 234 g/mol. The summed E-state index contributed by atoms with van der Waals surface area (Å²) in [5.74, 6) is -1.71. The zero-order chi connectivity index (χ0) is 13.0. The van der Waals surface area contributed by atoms with Crippen molar-refractivity contribution in [3.63, 3.8) is 0 Å². The number of benzene rings is 2. The molecule has 0 aliphatic carbocycles. The van der Waals surface area contributed by atoms with Gasteiger partial charge in [0.15, 0.2) is 11.6 Å². The van der Waals surface area contributed by atoms with Crippen LogP contribution in [0.25, 0.3) is 0 Å². The first-order valence-corrected chi connectivity index (χ1v) is 5.37. The van der Waals surface area contributed by atoms with Gasteiger partial charge in [0.1, 0.15) is 0 Å². The largest absolute Gasteiger partial charge is 0.381 e. The summed E-state index contributed by atoms with van der Waals surface area (Å²) in [6, 6.07) is 12.9. The maximum Gasteiger partial charge on any atom is 0.163 e. The highest BCUT2D eigenvalue weighted by Crippen LogP contribution is 2.15. The van der Waals surface area contributed by atoms with E-state index in [0.29, 0.717) is 11.3 Å². The molecule has 0 radical (unpaired) electrons. The second-order valence-corrected chi connectivity index (χ2v) is 3.76. The third kappa shape index (κ3) is 2.64. The Balaban J connectivity index is 2.12. The van der Waals surface area contributed by atoms with E-state index in [1.165, 1.54) is 12.1 Å². The number of hydrogen-bond donors (Lipinski definition) is 1. The van der Waals surface area contributed by atoms with Crippen molar-refractivity contribution >= 4 is 5.69 Å². The van der Waals surface area contributed by atoms with Crippen molar-refractivity contribution < 1.29 is 8.78 Å². The Kier molecular flexibility index (Phi) is 3.54. The zero-order valence-electron chi connectivity index (χ0n) is 9.45. The lowest BCUT2D eigenvalue weighted by molar-refractivity contribution is 0.500. The highest BCUT2D eigenvalue weighted by molar-refractivity contribution is 5.49. The van der Waals surface area contributed by atoms with Gasteiger partial charge in [-0.25, -0.2) is 8.78 Å². The molecule has 4 heteroatoms. The fourth-order valence-corrected chi connectivity index (χ4v) is 1.58. The molecule has 0 atom stereocenters. The van der Waals surface area contributed by atoms with Crippen LogP contribution in [0.2, 0.25) is 0 Å². The molecule has 0 heterocycles. The van der Waals surface area contributed by atoms with Crippen molar-refractivity contribution in [1.29, 1.82) is 5.26 Å². The molecule has 0 aliphatic rings. The van der Waals surface area contributed by atoms with E-state index in [4.69, 9.17) is 5.26 Å². The topological polar surface area (TPSA) is 35.8 Å². The molecule has 0 saturated heterocycles. The first-order valence-electron chi connectivity index (χ1n) is 5.37. The molecule has 90 valence electrons. The van der Waals surface area contributed by atoms with Gasteiger partial charge in [0, 0.05) is 17.8 Å². The Morgan fingerprint density at radius 1 is 1.11 bits per heavy atom. The average Bonchev–Trinajstić information content (AvgIpc) is 2.41. The summed E-state index contributed by atoms with van der Waals surface area (Å²) >= 11 is 0. The molecule has 0 fully saturated rings. The summed E-state index contributed by atoms with van der Waals surface area (Å²) < 4.78 is 26.4. The monoisotopic (exact) mass is 244 g/mol. The summed E-state index contributed by atoms with van der Waals surface area (Å²) in [7, 11) is 0. The average molecular weight is 244 g/mol. The molecule has 2 rings (SSSR count). The SMILES string of the molecule is N#Cc1cccc(NCc2cccc(F)c2F)c1. The van der Waals surface area contributed by atoms with Gasteiger partial charge in [0.2, 0.25) is 0 Å². The van der Waals surface area contributed by atoms with Crippen LogP contribution < -0.4 is 5.32 Å². The van der Waals surface area contributed by atoms with Crippen molar-refractivity contribution in [3.8, 4) is 6.07 Å². The zero-order valence-corrected chi connectivity index (χ0v) is 9.45. The normalized spacial score (nSPS) is 9.83. The molecule has 18 heavy (non-hydrogen) atoms. The third-order valence-corrected chi connectivity index (χ3v) is 2.51. The van der Waals surface area contributed by atoms with Gasteiger partial charge in [0.05, 0.1) is 11.6 Å². The van der Waals surface area contributed by atoms with Crippen LogP contribution >= 0.6 is 0 Å². The van der Waals surface area contributed by atoms with Crippen LogP contribution in [-0.2, 0) is 6.54 Å². The van der Waals surface area contributed by atoms with Gasteiger partial charge in [-0.2, -0.15) is 5.26 Å². The molecule has 0 aliphatic heterocycles. The van der Waals surface area contributed by atoms with Crippen LogP contribution in [0.4, 0.5) is 14.5 Å². The maximum atomic E-state index is 13.4. The van der Waals surface area contributed by atoms with Crippen molar-refractivity contribution in [2.45, 2.75) is 6.54 Å². The van der Waals surface area contributed by atoms with Gasteiger partial charge in [-0.1, -0.05) is 18.2 Å². The number of halogens is 2. The van der Waals surface area contributed by atoms with Crippen molar-refractivity contribution in [2.24, 2.45) is 0 Å². The predicted molar refractivity (Wildman–Crippen MR) is 64.8 cm³/mol. The summed E-state index contributed by atoms with van der Waals surface area (Å²) in [6.45, 7) is 0.165. The molecule has 1 N–H and O–H groups in total. The minimum atomic E-state index is -0.861. The van der Waals surface area contributed by atoms with Crippen molar-refractivity contribution in [1.82, 2.24) is 0 Å². The molecule has 2 nitrogen and oxygen atoms in total. The number of hydrogen-bond acceptors (Lipinski definition) is 2. The molecule has 0 unspecified atom stereocenters. The molecular formula is C14H10F2N2. The van der Waals surface area contributed by atoms with Crippen LogP contribution in [0.5, 0.6) is 0 Å². The maximum absolute atomic E-state index is 13.4. The summed E-state index contributed by atoms with van der Waals surface area (Å²) in [5, 5.41) is 11.7. The van der Waals surface area contributed by atoms with Crippen molar-refractivity contribution in [3.05, 3.63) is 65.2 Å².